The predicted molar refractivity (Wildman–Crippen MR) is 80.7 cm³/mol. The summed E-state index contributed by atoms with van der Waals surface area (Å²) in [5.74, 6) is -0.740. The lowest BCUT2D eigenvalue weighted by molar-refractivity contribution is -0.137. The summed E-state index contributed by atoms with van der Waals surface area (Å²) in [5.41, 5.74) is 1.23. The molecule has 4 heteroatoms. The highest BCUT2D eigenvalue weighted by Crippen LogP contribution is 2.25. The third-order valence-electron chi connectivity index (χ3n) is 3.34. The van der Waals surface area contributed by atoms with Gasteiger partial charge in [0, 0.05) is 23.5 Å². The first-order valence-corrected chi connectivity index (χ1v) is 7.79. The first-order valence-electron chi connectivity index (χ1n) is 6.57. The van der Waals surface area contributed by atoms with Crippen LogP contribution in [0.1, 0.15) is 38.8 Å². The van der Waals surface area contributed by atoms with E-state index < -0.39 is 5.97 Å². The molecule has 3 nitrogen and oxygen atoms in total. The molecule has 1 rings (SSSR count). The van der Waals surface area contributed by atoms with Crippen molar-refractivity contribution in [2.24, 2.45) is 0 Å². The van der Waals surface area contributed by atoms with Crippen molar-refractivity contribution in [1.82, 2.24) is 4.90 Å². The van der Waals surface area contributed by atoms with Gasteiger partial charge in [0.25, 0.3) is 0 Å². The number of nitrogens with zero attached hydrogens (tertiary/aromatic N) is 1. The lowest BCUT2D eigenvalue weighted by Crippen LogP contribution is -2.35. The Kier molecular flexibility index (Phi) is 6.38. The van der Waals surface area contributed by atoms with Crippen molar-refractivity contribution < 1.29 is 9.90 Å². The first kappa shape index (κ1) is 16.1. The summed E-state index contributed by atoms with van der Waals surface area (Å²) in [4.78, 5) is 14.2. The number of hydrogen-bond acceptors (Lipinski definition) is 3. The number of rotatable bonds is 7. The van der Waals surface area contributed by atoms with Gasteiger partial charge < -0.3 is 5.11 Å². The second-order valence-corrected chi connectivity index (χ2v) is 5.80. The van der Waals surface area contributed by atoms with E-state index in [1.54, 1.807) is 11.8 Å². The summed E-state index contributed by atoms with van der Waals surface area (Å²) in [6.07, 6.45) is 2.25. The number of carboxylic acid groups (broad SMARTS) is 1. The molecule has 1 aromatic carbocycles. The summed E-state index contributed by atoms with van der Waals surface area (Å²) in [7, 11) is 0. The van der Waals surface area contributed by atoms with Gasteiger partial charge in [-0.3, -0.25) is 9.69 Å². The second kappa shape index (κ2) is 7.56. The van der Waals surface area contributed by atoms with Gasteiger partial charge in [-0.25, -0.2) is 0 Å². The van der Waals surface area contributed by atoms with E-state index in [4.69, 9.17) is 5.11 Å². The molecule has 0 spiro atoms. The molecule has 0 aliphatic heterocycles. The number of benzene rings is 1. The zero-order valence-corrected chi connectivity index (χ0v) is 12.9. The van der Waals surface area contributed by atoms with Crippen LogP contribution in [0.2, 0.25) is 0 Å². The molecule has 0 aliphatic carbocycles. The molecule has 1 aromatic rings. The van der Waals surface area contributed by atoms with Crippen molar-refractivity contribution >= 4 is 17.7 Å². The maximum absolute atomic E-state index is 10.7. The normalized spacial score (nSPS) is 12.9. The van der Waals surface area contributed by atoms with Gasteiger partial charge in [0.2, 0.25) is 0 Å². The van der Waals surface area contributed by atoms with Crippen LogP contribution in [0.3, 0.4) is 0 Å². The average molecular weight is 281 g/mol. The van der Waals surface area contributed by atoms with Gasteiger partial charge in [0.15, 0.2) is 0 Å². The molecular weight excluding hydrogens is 258 g/mol. The zero-order valence-electron chi connectivity index (χ0n) is 12.1. The van der Waals surface area contributed by atoms with Crippen LogP contribution in [-0.4, -0.2) is 34.8 Å². The summed E-state index contributed by atoms with van der Waals surface area (Å²) in [5, 5.41) is 8.84. The molecular formula is C15H23NO2S. The van der Waals surface area contributed by atoms with Crippen LogP contribution in [0.15, 0.2) is 29.2 Å². The topological polar surface area (TPSA) is 40.5 Å². The molecule has 0 bridgehead atoms. The summed E-state index contributed by atoms with van der Waals surface area (Å²) in [6, 6.07) is 9.06. The van der Waals surface area contributed by atoms with Gasteiger partial charge in [0.05, 0.1) is 6.42 Å². The Labute approximate surface area is 120 Å². The Morgan fingerprint density at radius 2 is 1.84 bits per heavy atom. The monoisotopic (exact) mass is 281 g/mol. The van der Waals surface area contributed by atoms with E-state index in [0.717, 1.165) is 0 Å². The lowest BCUT2D eigenvalue weighted by atomic mass is 10.1. The molecule has 0 heterocycles. The number of aliphatic carboxylic acids is 1. The van der Waals surface area contributed by atoms with Crippen molar-refractivity contribution in [1.29, 1.82) is 0 Å². The van der Waals surface area contributed by atoms with E-state index in [1.807, 2.05) is 0 Å². The molecule has 106 valence electrons. The van der Waals surface area contributed by atoms with Crippen LogP contribution in [-0.2, 0) is 4.79 Å². The van der Waals surface area contributed by atoms with Crippen LogP contribution in [0.4, 0.5) is 0 Å². The molecule has 0 aromatic heterocycles. The van der Waals surface area contributed by atoms with E-state index in [9.17, 15) is 4.79 Å². The number of carboxylic acids is 1. The summed E-state index contributed by atoms with van der Waals surface area (Å²) < 4.78 is 0. The number of carbonyl (C=O) groups is 1. The first-order chi connectivity index (χ1) is 8.95. The predicted octanol–water partition coefficient (Wildman–Crippen LogP) is 3.65. The van der Waals surface area contributed by atoms with E-state index in [0.29, 0.717) is 12.6 Å². The number of hydrogen-bond donors (Lipinski definition) is 1. The second-order valence-electron chi connectivity index (χ2n) is 4.92. The molecule has 1 unspecified atom stereocenters. The Hall–Kier alpha value is -1.00. The maximum Gasteiger partial charge on any atom is 0.304 e. The fourth-order valence-corrected chi connectivity index (χ4v) is 2.61. The van der Waals surface area contributed by atoms with Gasteiger partial charge in [-0.05, 0) is 44.7 Å². The Bertz CT molecular complexity index is 403. The van der Waals surface area contributed by atoms with E-state index >= 15 is 0 Å². The minimum atomic E-state index is -0.740. The van der Waals surface area contributed by atoms with Crippen LogP contribution in [0.25, 0.3) is 0 Å². The Balaban J connectivity index is 2.79. The molecule has 1 N–H and O–H groups in total. The molecule has 0 saturated carbocycles. The van der Waals surface area contributed by atoms with Crippen molar-refractivity contribution in [3.63, 3.8) is 0 Å². The van der Waals surface area contributed by atoms with Crippen molar-refractivity contribution in [2.45, 2.75) is 44.2 Å². The summed E-state index contributed by atoms with van der Waals surface area (Å²) >= 11 is 1.73. The lowest BCUT2D eigenvalue weighted by Gasteiger charge is -2.32. The molecule has 0 radical (unpaired) electrons. The minimum absolute atomic E-state index is 0.186. The van der Waals surface area contributed by atoms with Crippen molar-refractivity contribution in [3.8, 4) is 0 Å². The van der Waals surface area contributed by atoms with Crippen LogP contribution in [0.5, 0.6) is 0 Å². The quantitative estimate of drug-likeness (QED) is 0.774. The molecule has 0 saturated heterocycles. The van der Waals surface area contributed by atoms with Gasteiger partial charge in [0.1, 0.15) is 0 Å². The SMILES string of the molecule is CSc1ccc(C(C)N(CCC(=O)O)C(C)C)cc1. The van der Waals surface area contributed by atoms with Gasteiger partial charge in [-0.1, -0.05) is 12.1 Å². The van der Waals surface area contributed by atoms with Gasteiger partial charge in [-0.15, -0.1) is 11.8 Å². The van der Waals surface area contributed by atoms with Crippen LogP contribution < -0.4 is 0 Å². The highest BCUT2D eigenvalue weighted by atomic mass is 32.2. The Morgan fingerprint density at radius 1 is 1.26 bits per heavy atom. The summed E-state index contributed by atoms with van der Waals surface area (Å²) in [6.45, 7) is 6.93. The third-order valence-corrected chi connectivity index (χ3v) is 4.09. The highest BCUT2D eigenvalue weighted by Gasteiger charge is 2.19. The molecule has 0 aliphatic rings. The van der Waals surface area contributed by atoms with E-state index in [-0.39, 0.29) is 12.5 Å². The molecule has 0 fully saturated rings. The van der Waals surface area contributed by atoms with Crippen LogP contribution in [0, 0.1) is 0 Å². The van der Waals surface area contributed by atoms with Gasteiger partial charge in [-0.2, -0.15) is 0 Å². The molecule has 1 atom stereocenters. The molecule has 19 heavy (non-hydrogen) atoms. The van der Waals surface area contributed by atoms with E-state index in [1.165, 1.54) is 10.5 Å². The fraction of sp³-hybridized carbons (Fsp3) is 0.533. The minimum Gasteiger partial charge on any atom is -0.481 e. The largest absolute Gasteiger partial charge is 0.481 e. The average Bonchev–Trinajstić information content (AvgIpc) is 2.38. The maximum atomic E-state index is 10.7. The smallest absolute Gasteiger partial charge is 0.304 e. The Morgan fingerprint density at radius 3 is 2.26 bits per heavy atom. The highest BCUT2D eigenvalue weighted by molar-refractivity contribution is 7.98. The van der Waals surface area contributed by atoms with Crippen molar-refractivity contribution in [3.05, 3.63) is 29.8 Å². The fourth-order valence-electron chi connectivity index (χ4n) is 2.20. The molecule has 0 amide bonds. The van der Waals surface area contributed by atoms with Crippen LogP contribution >= 0.6 is 11.8 Å². The van der Waals surface area contributed by atoms with E-state index in [2.05, 4.69) is 56.2 Å². The van der Waals surface area contributed by atoms with Crippen molar-refractivity contribution in [2.75, 3.05) is 12.8 Å². The third kappa shape index (κ3) is 4.88. The number of thioether (sulfide) groups is 1. The zero-order chi connectivity index (χ0) is 14.4. The standard InChI is InChI=1S/C15H23NO2S/c1-11(2)16(10-9-15(17)18)12(3)13-5-7-14(19-4)8-6-13/h5-8,11-12H,9-10H2,1-4H3,(H,17,18). The van der Waals surface area contributed by atoms with Gasteiger partial charge >= 0.3 is 5.97 Å².